The second-order valence-electron chi connectivity index (χ2n) is 7.31. The van der Waals surface area contributed by atoms with Crippen LogP contribution in [0.5, 0.6) is 5.75 Å². The van der Waals surface area contributed by atoms with Gasteiger partial charge in [0.1, 0.15) is 5.75 Å². The van der Waals surface area contributed by atoms with Gasteiger partial charge in [-0.2, -0.15) is 0 Å². The molecule has 0 saturated carbocycles. The number of aryl methyl sites for hydroxylation is 1. The molecule has 0 aliphatic heterocycles. The molecule has 0 fully saturated rings. The van der Waals surface area contributed by atoms with Crippen molar-refractivity contribution in [1.29, 1.82) is 0 Å². The van der Waals surface area contributed by atoms with Crippen LogP contribution in [0.15, 0.2) is 77.7 Å². The Kier molecular flexibility index (Phi) is 6.97. The van der Waals surface area contributed by atoms with Crippen LogP contribution in [0.1, 0.15) is 34.3 Å². The number of amides is 1. The first-order valence-electron chi connectivity index (χ1n) is 9.91. The Morgan fingerprint density at radius 1 is 1.00 bits per heavy atom. The fourth-order valence-corrected chi connectivity index (χ4v) is 4.55. The Hall–Kier alpha value is -3.32. The van der Waals surface area contributed by atoms with Crippen LogP contribution in [0.2, 0.25) is 0 Å². The molecule has 1 atom stereocenters. The summed E-state index contributed by atoms with van der Waals surface area (Å²) in [5.74, 6) is 0.218. The van der Waals surface area contributed by atoms with Crippen LogP contribution in [0, 0.1) is 6.92 Å². The molecule has 0 saturated heterocycles. The third-order valence-electron chi connectivity index (χ3n) is 5.03. The van der Waals surface area contributed by atoms with Crippen molar-refractivity contribution in [3.63, 3.8) is 0 Å². The minimum absolute atomic E-state index is 0.0437. The van der Waals surface area contributed by atoms with Crippen molar-refractivity contribution in [2.75, 3.05) is 18.4 Å². The molecule has 3 rings (SSSR count). The predicted octanol–water partition coefficient (Wildman–Crippen LogP) is 4.34. The number of anilines is 1. The number of rotatable bonds is 8. The topological polar surface area (TPSA) is 84.5 Å². The van der Waals surface area contributed by atoms with Gasteiger partial charge in [-0.1, -0.05) is 55.5 Å². The van der Waals surface area contributed by atoms with E-state index in [-0.39, 0.29) is 22.3 Å². The maximum atomic E-state index is 13.0. The molecule has 31 heavy (non-hydrogen) atoms. The average molecular weight is 439 g/mol. The van der Waals surface area contributed by atoms with E-state index in [0.717, 1.165) is 5.56 Å². The molecule has 0 radical (unpaired) electrons. The molecule has 0 bridgehead atoms. The molecule has 1 amide bonds. The van der Waals surface area contributed by atoms with Gasteiger partial charge in [0.15, 0.2) is 0 Å². The quantitative estimate of drug-likeness (QED) is 0.548. The number of sulfonamides is 1. The Bertz CT molecular complexity index is 1160. The first-order chi connectivity index (χ1) is 14.8. The van der Waals surface area contributed by atoms with E-state index in [0.29, 0.717) is 23.5 Å². The summed E-state index contributed by atoms with van der Waals surface area (Å²) in [4.78, 5) is 12.7. The normalized spacial score (nSPS) is 12.1. The number of carbonyl (C=O) groups is 1. The Morgan fingerprint density at radius 2 is 1.68 bits per heavy atom. The van der Waals surface area contributed by atoms with Gasteiger partial charge >= 0.3 is 0 Å². The lowest BCUT2D eigenvalue weighted by Gasteiger charge is -2.15. The van der Waals surface area contributed by atoms with Gasteiger partial charge in [0.2, 0.25) is 0 Å². The molecule has 0 heterocycles. The predicted molar refractivity (Wildman–Crippen MR) is 122 cm³/mol. The molecule has 7 heteroatoms. The monoisotopic (exact) mass is 438 g/mol. The van der Waals surface area contributed by atoms with Crippen molar-refractivity contribution in [3.8, 4) is 5.75 Å². The Balaban J connectivity index is 1.78. The van der Waals surface area contributed by atoms with Crippen LogP contribution in [0.4, 0.5) is 5.69 Å². The summed E-state index contributed by atoms with van der Waals surface area (Å²) in [6.45, 7) is 4.16. The largest absolute Gasteiger partial charge is 0.495 e. The zero-order valence-electron chi connectivity index (χ0n) is 17.8. The number of nitrogens with one attached hydrogen (secondary N) is 2. The van der Waals surface area contributed by atoms with Gasteiger partial charge in [-0.25, -0.2) is 8.42 Å². The van der Waals surface area contributed by atoms with Gasteiger partial charge in [0.05, 0.1) is 17.7 Å². The second-order valence-corrected chi connectivity index (χ2v) is 8.96. The van der Waals surface area contributed by atoms with E-state index >= 15 is 0 Å². The maximum Gasteiger partial charge on any atom is 0.262 e. The SMILES string of the molecule is COc1ccccc1NS(=O)(=O)c1cc(C(=O)NC[C@H](C)c2ccccc2)ccc1C. The zero-order valence-corrected chi connectivity index (χ0v) is 18.6. The lowest BCUT2D eigenvalue weighted by atomic mass is 10.0. The highest BCUT2D eigenvalue weighted by atomic mass is 32.2. The lowest BCUT2D eigenvalue weighted by molar-refractivity contribution is 0.0951. The van der Waals surface area contributed by atoms with Gasteiger partial charge in [-0.05, 0) is 48.2 Å². The molecule has 2 N–H and O–H groups in total. The molecular formula is C24H26N2O4S. The molecule has 3 aromatic rings. The van der Waals surface area contributed by atoms with Crippen molar-refractivity contribution in [2.24, 2.45) is 0 Å². The fraction of sp³-hybridized carbons (Fsp3) is 0.208. The number of hydrogen-bond donors (Lipinski definition) is 2. The third kappa shape index (κ3) is 5.44. The number of benzene rings is 3. The molecular weight excluding hydrogens is 412 g/mol. The van der Waals surface area contributed by atoms with E-state index in [1.54, 1.807) is 43.3 Å². The van der Waals surface area contributed by atoms with Gasteiger partial charge in [-0.3, -0.25) is 9.52 Å². The molecule has 0 aliphatic rings. The first-order valence-corrected chi connectivity index (χ1v) is 11.4. The highest BCUT2D eigenvalue weighted by Crippen LogP contribution is 2.27. The molecule has 0 unspecified atom stereocenters. The highest BCUT2D eigenvalue weighted by molar-refractivity contribution is 7.92. The zero-order chi connectivity index (χ0) is 22.4. The van der Waals surface area contributed by atoms with Crippen molar-refractivity contribution >= 4 is 21.6 Å². The summed E-state index contributed by atoms with van der Waals surface area (Å²) in [5, 5.41) is 2.89. The average Bonchev–Trinajstić information content (AvgIpc) is 2.78. The van der Waals surface area contributed by atoms with E-state index in [1.807, 2.05) is 37.3 Å². The van der Waals surface area contributed by atoms with E-state index in [2.05, 4.69) is 10.0 Å². The standard InChI is InChI=1S/C24H26N2O4S/c1-17-13-14-20(24(27)25-16-18(2)19-9-5-4-6-10-19)15-23(17)31(28,29)26-21-11-7-8-12-22(21)30-3/h4-15,18,26H,16H2,1-3H3,(H,25,27)/t18-/m0/s1. The number of hydrogen-bond acceptors (Lipinski definition) is 4. The lowest BCUT2D eigenvalue weighted by Crippen LogP contribution is -2.28. The van der Waals surface area contributed by atoms with Crippen LogP contribution in [0.3, 0.4) is 0 Å². The Morgan fingerprint density at radius 3 is 2.39 bits per heavy atom. The summed E-state index contributed by atoms with van der Waals surface area (Å²) >= 11 is 0. The number of ether oxygens (including phenoxy) is 1. The summed E-state index contributed by atoms with van der Waals surface area (Å²) in [6.07, 6.45) is 0. The van der Waals surface area contributed by atoms with Crippen LogP contribution < -0.4 is 14.8 Å². The van der Waals surface area contributed by atoms with E-state index < -0.39 is 10.0 Å². The first kappa shape index (κ1) is 22.4. The number of methoxy groups -OCH3 is 1. The van der Waals surface area contributed by atoms with Gasteiger partial charge in [-0.15, -0.1) is 0 Å². The van der Waals surface area contributed by atoms with Crippen molar-refractivity contribution in [2.45, 2.75) is 24.7 Å². The van der Waals surface area contributed by atoms with Gasteiger partial charge in [0.25, 0.3) is 15.9 Å². The summed E-state index contributed by atoms with van der Waals surface area (Å²) in [5.41, 5.74) is 2.27. The van der Waals surface area contributed by atoms with Gasteiger partial charge < -0.3 is 10.1 Å². The molecule has 0 aromatic heterocycles. The van der Waals surface area contributed by atoms with Crippen LogP contribution >= 0.6 is 0 Å². The van der Waals surface area contributed by atoms with Crippen LogP contribution in [0.25, 0.3) is 0 Å². The molecule has 0 aliphatic carbocycles. The number of carbonyl (C=O) groups excluding carboxylic acids is 1. The minimum atomic E-state index is -3.92. The van der Waals surface area contributed by atoms with Crippen molar-refractivity contribution in [3.05, 3.63) is 89.5 Å². The van der Waals surface area contributed by atoms with E-state index in [4.69, 9.17) is 4.74 Å². The van der Waals surface area contributed by atoms with Crippen LogP contribution in [-0.4, -0.2) is 28.0 Å². The highest BCUT2D eigenvalue weighted by Gasteiger charge is 2.21. The Labute approximate surface area is 183 Å². The molecule has 162 valence electrons. The minimum Gasteiger partial charge on any atom is -0.495 e. The van der Waals surface area contributed by atoms with Crippen molar-refractivity contribution in [1.82, 2.24) is 5.32 Å². The smallest absolute Gasteiger partial charge is 0.262 e. The third-order valence-corrected chi connectivity index (χ3v) is 6.54. The summed E-state index contributed by atoms with van der Waals surface area (Å²) < 4.78 is 33.8. The van der Waals surface area contributed by atoms with Crippen LogP contribution in [-0.2, 0) is 10.0 Å². The number of para-hydroxylation sites is 2. The molecule has 6 nitrogen and oxygen atoms in total. The van der Waals surface area contributed by atoms with E-state index in [1.165, 1.54) is 13.2 Å². The van der Waals surface area contributed by atoms with Crippen molar-refractivity contribution < 1.29 is 17.9 Å². The van der Waals surface area contributed by atoms with Gasteiger partial charge in [0, 0.05) is 12.1 Å². The summed E-state index contributed by atoms with van der Waals surface area (Å²) in [6, 6.07) is 21.3. The fourth-order valence-electron chi connectivity index (χ4n) is 3.21. The second kappa shape index (κ2) is 9.66. The van der Waals surface area contributed by atoms with E-state index in [9.17, 15) is 13.2 Å². The summed E-state index contributed by atoms with van der Waals surface area (Å²) in [7, 11) is -2.44. The molecule has 3 aromatic carbocycles. The maximum absolute atomic E-state index is 13.0. The molecule has 0 spiro atoms.